The second-order valence-electron chi connectivity index (χ2n) is 9.66. The van der Waals surface area contributed by atoms with Gasteiger partial charge in [-0.2, -0.15) is 8.78 Å². The fraction of sp³-hybridized carbons (Fsp3) is 0.200. The Kier molecular flexibility index (Phi) is 16.7. The van der Waals surface area contributed by atoms with E-state index in [0.29, 0.717) is 0 Å². The number of hydrogen-bond acceptors (Lipinski definition) is 0. The van der Waals surface area contributed by atoms with E-state index in [-0.39, 0.29) is 7.43 Å². The van der Waals surface area contributed by atoms with E-state index < -0.39 is 122 Å². The van der Waals surface area contributed by atoms with Crippen molar-refractivity contribution < 1.29 is 70.6 Å². The summed E-state index contributed by atoms with van der Waals surface area (Å²) in [7, 11) is 4.93. The molecule has 3 aromatic rings. The Labute approximate surface area is 271 Å². The average Bonchev–Trinajstić information content (AvgIpc) is 3.05. The number of hydrogen-bond donors (Lipinski definition) is 0. The maximum Gasteiger partial charge on any atom is 0.321 e. The minimum Gasteiger partial charge on any atom is -0.204 e. The monoisotopic (exact) mass is 716 g/mol. The largest absolute Gasteiger partial charge is 0.321 e. The minimum absolute atomic E-state index is 0. The van der Waals surface area contributed by atoms with Gasteiger partial charge in [0.15, 0.2) is 69.8 Å². The van der Waals surface area contributed by atoms with Crippen LogP contribution in [-0.4, -0.2) is 21.3 Å². The summed E-state index contributed by atoms with van der Waals surface area (Å²) in [5.74, 6) is -22.3. The molecule has 0 aliphatic carbocycles. The standard InChI is InChI=1S/C14H6B2F8.C8H6F2.C7H3BF4.CH4.F2/c1-15-3-5(9(19)13(23)11(21)7(3)17)16(2)6-4(15)8(18)12(22)14(24)10(6)20;1-7(2)5-3-4-6-8(9)10;1-2-3(8)5(10)7(12)6(11)4(2)9;;1-2/h1-2H3;1-2H3;1H3;1H4;. The van der Waals surface area contributed by atoms with Crippen LogP contribution in [0.2, 0.25) is 13.6 Å². The first-order valence-corrected chi connectivity index (χ1v) is 12.6. The van der Waals surface area contributed by atoms with E-state index in [0.717, 1.165) is 26.1 Å². The zero-order valence-corrected chi connectivity index (χ0v) is 24.8. The van der Waals surface area contributed by atoms with Crippen LogP contribution in [0.1, 0.15) is 26.8 Å². The van der Waals surface area contributed by atoms with Gasteiger partial charge in [-0.25, -0.2) is 52.7 Å². The van der Waals surface area contributed by atoms with Crippen LogP contribution in [-0.2, 0) is 0 Å². The van der Waals surface area contributed by atoms with Crippen molar-refractivity contribution >= 4 is 48.6 Å². The summed E-state index contributed by atoms with van der Waals surface area (Å²) in [6.07, 6.45) is -1.90. The number of rotatable bonds is 0. The highest BCUT2D eigenvalue weighted by Crippen LogP contribution is 2.19. The lowest BCUT2D eigenvalue weighted by Gasteiger charge is -2.29. The van der Waals surface area contributed by atoms with Crippen molar-refractivity contribution in [3.8, 4) is 0 Å². The van der Waals surface area contributed by atoms with Gasteiger partial charge in [-0.15, -0.1) is 0 Å². The van der Waals surface area contributed by atoms with Crippen LogP contribution in [0.3, 0.4) is 0 Å². The predicted octanol–water partition coefficient (Wildman–Crippen LogP) is 7.21. The molecule has 0 N–H and O–H groups in total. The van der Waals surface area contributed by atoms with Crippen LogP contribution >= 0.6 is 0 Å². The van der Waals surface area contributed by atoms with Gasteiger partial charge in [0.2, 0.25) is 13.4 Å². The maximum absolute atomic E-state index is 14.1. The maximum atomic E-state index is 14.1. The van der Waals surface area contributed by atoms with E-state index >= 15 is 0 Å². The topological polar surface area (TPSA) is 0 Å². The lowest BCUT2D eigenvalue weighted by Crippen LogP contribution is -2.71. The zero-order chi connectivity index (χ0) is 37.5. The molecule has 1 aliphatic heterocycles. The van der Waals surface area contributed by atoms with Gasteiger partial charge in [-0.3, -0.25) is 0 Å². The Morgan fingerprint density at radius 1 is 0.490 bits per heavy atom. The van der Waals surface area contributed by atoms with Crippen LogP contribution in [0, 0.1) is 76.7 Å². The minimum atomic E-state index is -2.11. The Morgan fingerprint density at radius 2 is 0.755 bits per heavy atom. The first-order chi connectivity index (χ1) is 22.2. The van der Waals surface area contributed by atoms with E-state index in [9.17, 15) is 61.5 Å². The Balaban J connectivity index is 0.000000776. The summed E-state index contributed by atoms with van der Waals surface area (Å²) in [4.78, 5) is 0. The van der Waals surface area contributed by atoms with Crippen LogP contribution in [0.4, 0.5) is 70.6 Å². The average molecular weight is 716 g/mol. The molecule has 4 rings (SSSR count). The van der Waals surface area contributed by atoms with Crippen molar-refractivity contribution in [1.29, 1.82) is 0 Å². The molecule has 49 heavy (non-hydrogen) atoms. The summed E-state index contributed by atoms with van der Waals surface area (Å²) < 4.78 is 199. The first kappa shape index (κ1) is 44.6. The zero-order valence-electron chi connectivity index (χ0n) is 24.8. The second-order valence-corrected chi connectivity index (χ2v) is 9.66. The molecule has 0 spiro atoms. The van der Waals surface area contributed by atoms with Gasteiger partial charge in [0.25, 0.3) is 0 Å². The molecule has 0 aromatic heterocycles. The molecule has 1 heterocycles. The molecule has 260 valence electrons. The fourth-order valence-corrected chi connectivity index (χ4v) is 4.31. The van der Waals surface area contributed by atoms with Gasteiger partial charge in [-0.05, 0) is 65.2 Å². The molecule has 0 amide bonds. The molecule has 0 saturated carbocycles. The van der Waals surface area contributed by atoms with E-state index in [1.165, 1.54) is 0 Å². The van der Waals surface area contributed by atoms with Crippen LogP contribution < -0.4 is 27.3 Å². The van der Waals surface area contributed by atoms with E-state index in [4.69, 9.17) is 17.0 Å². The van der Waals surface area contributed by atoms with Gasteiger partial charge >= 0.3 is 6.08 Å². The highest BCUT2D eigenvalue weighted by Gasteiger charge is 2.44. The van der Waals surface area contributed by atoms with E-state index in [2.05, 4.69) is 11.5 Å². The normalized spacial score (nSPS) is 10.5. The summed E-state index contributed by atoms with van der Waals surface area (Å²) in [6.45, 7) is 3.58. The predicted molar refractivity (Wildman–Crippen MR) is 154 cm³/mol. The molecule has 0 nitrogen and oxygen atoms in total. The highest BCUT2D eigenvalue weighted by molar-refractivity contribution is 7.02. The van der Waals surface area contributed by atoms with Gasteiger partial charge in [0, 0.05) is 14.9 Å². The van der Waals surface area contributed by atoms with Crippen molar-refractivity contribution in [2.45, 2.75) is 41.8 Å². The third-order valence-corrected chi connectivity index (χ3v) is 6.49. The summed E-state index contributed by atoms with van der Waals surface area (Å²) in [5, 5.41) is 0. The number of fused-ring (bicyclic) bond motifs is 2. The summed E-state index contributed by atoms with van der Waals surface area (Å²) in [6, 6.07) is 0. The molecule has 3 aromatic carbocycles. The molecule has 2 radical (unpaired) electrons. The summed E-state index contributed by atoms with van der Waals surface area (Å²) >= 11 is 0. The molecule has 1 aliphatic rings. The van der Waals surface area contributed by atoms with Gasteiger partial charge < -0.3 is 0 Å². The lowest BCUT2D eigenvalue weighted by molar-refractivity contribution is 0.108. The molecule has 0 saturated heterocycles. The summed E-state index contributed by atoms with van der Waals surface area (Å²) in [5.41, 5.74) is 5.07. The molecule has 19 heteroatoms. The molecule has 0 bridgehead atoms. The van der Waals surface area contributed by atoms with Crippen molar-refractivity contribution in [1.82, 2.24) is 0 Å². The molecular weight excluding hydrogens is 697 g/mol. The first-order valence-electron chi connectivity index (χ1n) is 12.6. The third kappa shape index (κ3) is 9.19. The molecular formula is C30H19B3F16. The fourth-order valence-electron chi connectivity index (χ4n) is 4.31. The number of halogens is 16. The third-order valence-electron chi connectivity index (χ3n) is 6.49. The quantitative estimate of drug-likeness (QED) is 0.0760. The van der Waals surface area contributed by atoms with Crippen molar-refractivity contribution in [2.24, 2.45) is 0 Å². The highest BCUT2D eigenvalue weighted by atomic mass is 20.0. The molecule has 0 fully saturated rings. The number of benzene rings is 3. The van der Waals surface area contributed by atoms with Crippen LogP contribution in [0.5, 0.6) is 0 Å². The Hall–Kier alpha value is -4.41. The van der Waals surface area contributed by atoms with Crippen molar-refractivity contribution in [3.05, 3.63) is 110 Å². The van der Waals surface area contributed by atoms with E-state index in [1.54, 1.807) is 19.6 Å². The second kappa shape index (κ2) is 18.4. The van der Waals surface area contributed by atoms with Crippen molar-refractivity contribution in [3.63, 3.8) is 0 Å². The van der Waals surface area contributed by atoms with E-state index in [1.807, 2.05) is 5.73 Å². The lowest BCUT2D eigenvalue weighted by atomic mass is 9.25. The van der Waals surface area contributed by atoms with Crippen LogP contribution in [0.15, 0.2) is 34.6 Å². The van der Waals surface area contributed by atoms with Crippen molar-refractivity contribution in [2.75, 3.05) is 0 Å². The number of allylic oxidation sites excluding steroid dienone is 1. The SMILES string of the molecule is C.CB1c2c(F)c(F)c(F)c(F)c2B(C)c2c(F)c(F)c(F)c(F)c21.CC(C)=C=C=C=C=C(F)F.FF.[B]c1c(C)c(F)c(F)c(F)c1F. The van der Waals surface area contributed by atoms with Gasteiger partial charge in [0.1, 0.15) is 7.85 Å². The van der Waals surface area contributed by atoms with Gasteiger partial charge in [-0.1, -0.05) is 32.3 Å². The van der Waals surface area contributed by atoms with Gasteiger partial charge in [0.05, 0.1) is 0 Å². The Bertz CT molecular complexity index is 1630. The molecule has 0 atom stereocenters. The molecule has 0 unspecified atom stereocenters. The Morgan fingerprint density at radius 3 is 1.04 bits per heavy atom. The smallest absolute Gasteiger partial charge is 0.204 e. The van der Waals surface area contributed by atoms with Crippen LogP contribution in [0.25, 0.3) is 0 Å².